The molecule has 1 heteroatoms. The Morgan fingerprint density at radius 2 is 1.40 bits per heavy atom. The second kappa shape index (κ2) is 5.70. The quantitative estimate of drug-likeness (QED) is 0.646. The van der Waals surface area contributed by atoms with Gasteiger partial charge in [-0.15, -0.1) is 0 Å². The summed E-state index contributed by atoms with van der Waals surface area (Å²) in [5, 5.41) is 0. The highest BCUT2D eigenvalue weighted by molar-refractivity contribution is 5.70. The Morgan fingerprint density at radius 1 is 0.800 bits per heavy atom. The van der Waals surface area contributed by atoms with Crippen LogP contribution in [0.3, 0.4) is 0 Å². The monoisotopic (exact) mass is 259 g/mol. The first-order chi connectivity index (χ1) is 9.88. The van der Waals surface area contributed by atoms with Gasteiger partial charge in [-0.05, 0) is 23.6 Å². The Bertz CT molecular complexity index is 687. The Kier molecular flexibility index (Phi) is 3.60. The van der Waals surface area contributed by atoms with E-state index in [1.165, 1.54) is 22.3 Å². The van der Waals surface area contributed by atoms with E-state index < -0.39 is 0 Å². The first-order valence-electron chi connectivity index (χ1n) is 6.98. The van der Waals surface area contributed by atoms with Gasteiger partial charge in [0, 0.05) is 17.3 Å². The molecule has 0 atom stereocenters. The summed E-state index contributed by atoms with van der Waals surface area (Å²) in [5.74, 6) is 0. The fourth-order valence-electron chi connectivity index (χ4n) is 2.43. The van der Waals surface area contributed by atoms with Crippen molar-refractivity contribution in [3.63, 3.8) is 0 Å². The van der Waals surface area contributed by atoms with Crippen LogP contribution in [0.15, 0.2) is 72.9 Å². The van der Waals surface area contributed by atoms with Gasteiger partial charge in [-0.3, -0.25) is 4.98 Å². The molecule has 0 aliphatic carbocycles. The van der Waals surface area contributed by atoms with Crippen LogP contribution in [0.1, 0.15) is 12.5 Å². The van der Waals surface area contributed by atoms with E-state index in [0.717, 1.165) is 12.1 Å². The van der Waals surface area contributed by atoms with Crippen LogP contribution in [0.25, 0.3) is 22.4 Å². The molecular formula is C19H17N. The van der Waals surface area contributed by atoms with E-state index >= 15 is 0 Å². The van der Waals surface area contributed by atoms with Crippen molar-refractivity contribution in [3.8, 4) is 22.4 Å². The lowest BCUT2D eigenvalue weighted by Crippen LogP contribution is -1.92. The maximum atomic E-state index is 4.63. The van der Waals surface area contributed by atoms with E-state index in [0.29, 0.717) is 0 Å². The summed E-state index contributed by atoms with van der Waals surface area (Å²) in [4.78, 5) is 4.63. The zero-order valence-electron chi connectivity index (χ0n) is 11.6. The summed E-state index contributed by atoms with van der Waals surface area (Å²) >= 11 is 0. The standard InChI is InChI=1S/C19H17N/c1-2-15-13-19(17-11-7-4-8-12-17)20-14-18(15)16-9-5-3-6-10-16/h3-14H,2H2,1H3. The largest absolute Gasteiger partial charge is 0.256 e. The fourth-order valence-corrected chi connectivity index (χ4v) is 2.43. The smallest absolute Gasteiger partial charge is 0.0705 e. The molecule has 0 spiro atoms. The van der Waals surface area contributed by atoms with Crippen molar-refractivity contribution in [1.29, 1.82) is 0 Å². The minimum atomic E-state index is 1.01. The highest BCUT2D eigenvalue weighted by Gasteiger charge is 2.07. The van der Waals surface area contributed by atoms with Gasteiger partial charge in [-0.25, -0.2) is 0 Å². The van der Waals surface area contributed by atoms with Gasteiger partial charge in [0.15, 0.2) is 0 Å². The number of aromatic nitrogens is 1. The summed E-state index contributed by atoms with van der Waals surface area (Å²) in [6.45, 7) is 2.19. The number of benzene rings is 2. The lowest BCUT2D eigenvalue weighted by molar-refractivity contribution is 1.12. The molecule has 0 bridgehead atoms. The predicted molar refractivity (Wildman–Crippen MR) is 84.5 cm³/mol. The molecule has 0 amide bonds. The molecule has 2 aromatic carbocycles. The highest BCUT2D eigenvalue weighted by Crippen LogP contribution is 2.27. The molecular weight excluding hydrogens is 242 g/mol. The molecule has 0 saturated carbocycles. The zero-order valence-corrected chi connectivity index (χ0v) is 11.6. The van der Waals surface area contributed by atoms with Crippen molar-refractivity contribution in [2.24, 2.45) is 0 Å². The van der Waals surface area contributed by atoms with Crippen LogP contribution in [0.5, 0.6) is 0 Å². The average molecular weight is 259 g/mol. The number of nitrogens with zero attached hydrogens (tertiary/aromatic N) is 1. The van der Waals surface area contributed by atoms with E-state index in [9.17, 15) is 0 Å². The number of aryl methyl sites for hydroxylation is 1. The average Bonchev–Trinajstić information content (AvgIpc) is 2.56. The van der Waals surface area contributed by atoms with Crippen molar-refractivity contribution in [2.75, 3.05) is 0 Å². The number of rotatable bonds is 3. The van der Waals surface area contributed by atoms with Gasteiger partial charge in [0.1, 0.15) is 0 Å². The maximum Gasteiger partial charge on any atom is 0.0705 e. The molecule has 1 aromatic heterocycles. The first kappa shape index (κ1) is 12.6. The van der Waals surface area contributed by atoms with E-state index in [2.05, 4.69) is 54.4 Å². The van der Waals surface area contributed by atoms with Crippen molar-refractivity contribution in [1.82, 2.24) is 4.98 Å². The minimum Gasteiger partial charge on any atom is -0.256 e. The van der Waals surface area contributed by atoms with Crippen LogP contribution in [-0.4, -0.2) is 4.98 Å². The predicted octanol–water partition coefficient (Wildman–Crippen LogP) is 4.98. The molecule has 0 N–H and O–H groups in total. The van der Waals surface area contributed by atoms with Crippen molar-refractivity contribution in [2.45, 2.75) is 13.3 Å². The van der Waals surface area contributed by atoms with Gasteiger partial charge in [0.2, 0.25) is 0 Å². The summed E-state index contributed by atoms with van der Waals surface area (Å²) in [6, 6.07) is 23.0. The van der Waals surface area contributed by atoms with Crippen LogP contribution in [0.4, 0.5) is 0 Å². The van der Waals surface area contributed by atoms with Gasteiger partial charge < -0.3 is 0 Å². The van der Waals surface area contributed by atoms with E-state index in [-0.39, 0.29) is 0 Å². The van der Waals surface area contributed by atoms with Crippen LogP contribution < -0.4 is 0 Å². The lowest BCUT2D eigenvalue weighted by atomic mass is 9.98. The molecule has 3 rings (SSSR count). The molecule has 98 valence electrons. The van der Waals surface area contributed by atoms with Crippen LogP contribution in [0, 0.1) is 0 Å². The summed E-state index contributed by atoms with van der Waals surface area (Å²) in [5.41, 5.74) is 6.01. The van der Waals surface area contributed by atoms with Gasteiger partial charge in [0.25, 0.3) is 0 Å². The van der Waals surface area contributed by atoms with Gasteiger partial charge >= 0.3 is 0 Å². The molecule has 0 unspecified atom stereocenters. The molecule has 20 heavy (non-hydrogen) atoms. The van der Waals surface area contributed by atoms with Crippen LogP contribution in [-0.2, 0) is 6.42 Å². The molecule has 1 heterocycles. The Balaban J connectivity index is 2.07. The number of hydrogen-bond donors (Lipinski definition) is 0. The molecule has 0 saturated heterocycles. The van der Waals surface area contributed by atoms with E-state index in [1.54, 1.807) is 0 Å². The van der Waals surface area contributed by atoms with Gasteiger partial charge in [0.05, 0.1) is 5.69 Å². The molecule has 0 aliphatic rings. The Labute approximate surface area is 119 Å². The number of hydrogen-bond acceptors (Lipinski definition) is 1. The van der Waals surface area contributed by atoms with E-state index in [1.807, 2.05) is 30.5 Å². The number of pyridine rings is 1. The van der Waals surface area contributed by atoms with Crippen LogP contribution in [0.2, 0.25) is 0 Å². The third-order valence-corrected chi connectivity index (χ3v) is 3.52. The molecule has 3 aromatic rings. The fraction of sp³-hybridized carbons (Fsp3) is 0.105. The topological polar surface area (TPSA) is 12.9 Å². The summed E-state index contributed by atoms with van der Waals surface area (Å²) in [6.07, 6.45) is 3.00. The zero-order chi connectivity index (χ0) is 13.8. The molecule has 0 fully saturated rings. The first-order valence-corrected chi connectivity index (χ1v) is 6.98. The molecule has 1 nitrogen and oxygen atoms in total. The summed E-state index contributed by atoms with van der Waals surface area (Å²) < 4.78 is 0. The molecule has 0 radical (unpaired) electrons. The van der Waals surface area contributed by atoms with Crippen molar-refractivity contribution < 1.29 is 0 Å². The third-order valence-electron chi connectivity index (χ3n) is 3.52. The maximum absolute atomic E-state index is 4.63. The second-order valence-electron chi connectivity index (χ2n) is 4.81. The highest BCUT2D eigenvalue weighted by atomic mass is 14.7. The van der Waals surface area contributed by atoms with Crippen LogP contribution >= 0.6 is 0 Å². The third kappa shape index (κ3) is 2.48. The van der Waals surface area contributed by atoms with Gasteiger partial charge in [-0.2, -0.15) is 0 Å². The second-order valence-corrected chi connectivity index (χ2v) is 4.81. The lowest BCUT2D eigenvalue weighted by Gasteiger charge is -2.10. The SMILES string of the molecule is CCc1cc(-c2ccccc2)ncc1-c1ccccc1. The summed E-state index contributed by atoms with van der Waals surface area (Å²) in [7, 11) is 0. The normalized spacial score (nSPS) is 10.4. The Morgan fingerprint density at radius 3 is 2.00 bits per heavy atom. The minimum absolute atomic E-state index is 1.01. The van der Waals surface area contributed by atoms with Crippen molar-refractivity contribution >= 4 is 0 Å². The van der Waals surface area contributed by atoms with Gasteiger partial charge in [-0.1, -0.05) is 67.6 Å². The molecule has 0 aliphatic heterocycles. The van der Waals surface area contributed by atoms with E-state index in [4.69, 9.17) is 0 Å². The Hall–Kier alpha value is -2.41. The van der Waals surface area contributed by atoms with Crippen molar-refractivity contribution in [3.05, 3.63) is 78.5 Å².